The number of nitrogens with one attached hydrogen (secondary N) is 1. The molecule has 0 bridgehead atoms. The molecule has 1 heterocycles. The summed E-state index contributed by atoms with van der Waals surface area (Å²) in [5.41, 5.74) is 1.65. The fourth-order valence-electron chi connectivity index (χ4n) is 2.79. The van der Waals surface area contributed by atoms with Crippen LogP contribution in [0.1, 0.15) is 22.3 Å². The van der Waals surface area contributed by atoms with Crippen molar-refractivity contribution in [3.05, 3.63) is 65.5 Å². The van der Waals surface area contributed by atoms with E-state index in [2.05, 4.69) is 5.32 Å². The number of benzene rings is 2. The summed E-state index contributed by atoms with van der Waals surface area (Å²) in [6, 6.07) is 12.7. The van der Waals surface area contributed by atoms with Crippen molar-refractivity contribution in [3.63, 3.8) is 0 Å². The molecule has 3 rings (SSSR count). The largest absolute Gasteiger partial charge is 0.340 e. The smallest absolute Gasteiger partial charge is 0.252 e. The van der Waals surface area contributed by atoms with E-state index in [0.717, 1.165) is 5.56 Å². The zero-order valence-corrected chi connectivity index (χ0v) is 12.8. The second-order valence-electron chi connectivity index (χ2n) is 5.57. The van der Waals surface area contributed by atoms with E-state index in [9.17, 15) is 14.0 Å². The molecule has 1 atom stereocenters. The third-order valence-corrected chi connectivity index (χ3v) is 4.04. The van der Waals surface area contributed by atoms with Gasteiger partial charge in [-0.2, -0.15) is 0 Å². The van der Waals surface area contributed by atoms with Crippen LogP contribution < -0.4 is 10.2 Å². The van der Waals surface area contributed by atoms with Crippen LogP contribution in [0.15, 0.2) is 48.5 Å². The molecule has 1 fully saturated rings. The van der Waals surface area contributed by atoms with E-state index in [-0.39, 0.29) is 17.5 Å². The van der Waals surface area contributed by atoms with Gasteiger partial charge in [0.1, 0.15) is 11.9 Å². The predicted octanol–water partition coefficient (Wildman–Crippen LogP) is 2.67. The maximum Gasteiger partial charge on any atom is 0.252 e. The van der Waals surface area contributed by atoms with Crippen LogP contribution in [0.25, 0.3) is 0 Å². The Labute approximate surface area is 133 Å². The quantitative estimate of drug-likeness (QED) is 0.947. The lowest BCUT2D eigenvalue weighted by Gasteiger charge is -2.18. The van der Waals surface area contributed by atoms with Gasteiger partial charge >= 0.3 is 0 Å². The monoisotopic (exact) mass is 312 g/mol. The number of amides is 2. The minimum Gasteiger partial charge on any atom is -0.340 e. The van der Waals surface area contributed by atoms with Crippen LogP contribution in [0.4, 0.5) is 10.1 Å². The molecular formula is C18H17FN2O2. The number of hydrogen-bond donors (Lipinski definition) is 1. The average molecular weight is 312 g/mol. The number of carbonyl (C=O) groups excluding carboxylic acids is 2. The summed E-state index contributed by atoms with van der Waals surface area (Å²) in [4.78, 5) is 26.2. The van der Waals surface area contributed by atoms with Gasteiger partial charge in [-0.1, -0.05) is 30.3 Å². The Kier molecular flexibility index (Phi) is 4.10. The maximum absolute atomic E-state index is 13.8. The van der Waals surface area contributed by atoms with Crippen LogP contribution in [0, 0.1) is 12.7 Å². The molecule has 2 aromatic carbocycles. The molecule has 0 aromatic heterocycles. The molecule has 1 aliphatic rings. The minimum absolute atomic E-state index is 0.255. The summed E-state index contributed by atoms with van der Waals surface area (Å²) in [7, 11) is 0. The Balaban J connectivity index is 1.74. The Bertz CT molecular complexity index is 760. The topological polar surface area (TPSA) is 49.4 Å². The molecule has 5 heteroatoms. The van der Waals surface area contributed by atoms with E-state index >= 15 is 0 Å². The molecule has 23 heavy (non-hydrogen) atoms. The maximum atomic E-state index is 13.8. The van der Waals surface area contributed by atoms with Gasteiger partial charge < -0.3 is 10.2 Å². The molecule has 1 aliphatic heterocycles. The molecule has 0 spiro atoms. The second kappa shape index (κ2) is 6.20. The van der Waals surface area contributed by atoms with Crippen molar-refractivity contribution >= 4 is 17.5 Å². The summed E-state index contributed by atoms with van der Waals surface area (Å²) in [6.07, 6.45) is 0.463. The average Bonchev–Trinajstić information content (AvgIpc) is 2.89. The van der Waals surface area contributed by atoms with E-state index in [1.807, 2.05) is 19.1 Å². The fourth-order valence-corrected chi connectivity index (χ4v) is 2.79. The molecule has 0 unspecified atom stereocenters. The first kappa shape index (κ1) is 15.2. The van der Waals surface area contributed by atoms with Gasteiger partial charge in [0.2, 0.25) is 5.91 Å². The van der Waals surface area contributed by atoms with Crippen molar-refractivity contribution in [3.8, 4) is 0 Å². The highest BCUT2D eigenvalue weighted by molar-refractivity contribution is 6.04. The molecule has 0 saturated carbocycles. The van der Waals surface area contributed by atoms with E-state index in [0.29, 0.717) is 18.5 Å². The summed E-state index contributed by atoms with van der Waals surface area (Å²) >= 11 is 0. The first-order valence-corrected chi connectivity index (χ1v) is 7.50. The van der Waals surface area contributed by atoms with Crippen molar-refractivity contribution in [1.82, 2.24) is 5.32 Å². The first-order chi connectivity index (χ1) is 11.1. The normalized spacial score (nSPS) is 17.4. The van der Waals surface area contributed by atoms with E-state index in [1.165, 1.54) is 11.0 Å². The zero-order chi connectivity index (χ0) is 16.4. The van der Waals surface area contributed by atoms with Crippen molar-refractivity contribution in [2.75, 3.05) is 11.4 Å². The van der Waals surface area contributed by atoms with Crippen molar-refractivity contribution in [1.29, 1.82) is 0 Å². The van der Waals surface area contributed by atoms with Crippen molar-refractivity contribution in [2.24, 2.45) is 0 Å². The van der Waals surface area contributed by atoms with Gasteiger partial charge in [-0.25, -0.2) is 4.39 Å². The van der Waals surface area contributed by atoms with Gasteiger partial charge in [-0.15, -0.1) is 0 Å². The highest BCUT2D eigenvalue weighted by atomic mass is 19.1. The molecule has 2 amide bonds. The number of para-hydroxylation sites is 1. The zero-order valence-electron chi connectivity index (χ0n) is 12.8. The van der Waals surface area contributed by atoms with E-state index < -0.39 is 11.9 Å². The first-order valence-electron chi connectivity index (χ1n) is 7.50. The van der Waals surface area contributed by atoms with Crippen LogP contribution >= 0.6 is 0 Å². The Hall–Kier alpha value is -2.69. The van der Waals surface area contributed by atoms with Crippen LogP contribution in [0.3, 0.4) is 0 Å². The minimum atomic E-state index is -0.623. The van der Waals surface area contributed by atoms with E-state index in [4.69, 9.17) is 0 Å². The molecule has 4 nitrogen and oxygen atoms in total. The third-order valence-electron chi connectivity index (χ3n) is 4.04. The predicted molar refractivity (Wildman–Crippen MR) is 85.8 cm³/mol. The summed E-state index contributed by atoms with van der Waals surface area (Å²) < 4.78 is 13.8. The lowest BCUT2D eigenvalue weighted by atomic mass is 10.1. The summed E-state index contributed by atoms with van der Waals surface area (Å²) in [6.45, 7) is 2.23. The van der Waals surface area contributed by atoms with Gasteiger partial charge in [0.25, 0.3) is 5.91 Å². The number of halogens is 1. The second-order valence-corrected chi connectivity index (χ2v) is 5.57. The number of hydrogen-bond acceptors (Lipinski definition) is 2. The summed E-state index contributed by atoms with van der Waals surface area (Å²) in [5, 5.41) is 2.75. The number of nitrogens with zero attached hydrogens (tertiary/aromatic N) is 1. The number of rotatable bonds is 3. The number of anilines is 1. The molecule has 118 valence electrons. The van der Waals surface area contributed by atoms with E-state index in [1.54, 1.807) is 30.3 Å². The summed E-state index contributed by atoms with van der Waals surface area (Å²) in [5.74, 6) is -0.999. The van der Waals surface area contributed by atoms with Gasteiger partial charge in [-0.05, 0) is 37.1 Å². The van der Waals surface area contributed by atoms with Crippen LogP contribution in [0.2, 0.25) is 0 Å². The SMILES string of the molecule is Cc1ccccc1C(=O)N[C@@H]1CCN(c2ccccc2F)C1=O. The molecule has 2 aromatic rings. The lowest BCUT2D eigenvalue weighted by Crippen LogP contribution is -2.41. The molecule has 0 radical (unpaired) electrons. The Morgan fingerprint density at radius 2 is 1.87 bits per heavy atom. The van der Waals surface area contributed by atoms with Gasteiger partial charge in [0, 0.05) is 12.1 Å². The lowest BCUT2D eigenvalue weighted by molar-refractivity contribution is -0.118. The van der Waals surface area contributed by atoms with Crippen LogP contribution in [-0.4, -0.2) is 24.4 Å². The standard InChI is InChI=1S/C18H17FN2O2/c1-12-6-2-3-7-13(12)17(22)20-15-10-11-21(18(15)23)16-9-5-4-8-14(16)19/h2-9,15H,10-11H2,1H3,(H,20,22)/t15-/m1/s1. The molecule has 1 saturated heterocycles. The number of carbonyl (C=O) groups is 2. The van der Waals surface area contributed by atoms with Crippen molar-refractivity contribution < 1.29 is 14.0 Å². The van der Waals surface area contributed by atoms with Gasteiger partial charge in [-0.3, -0.25) is 9.59 Å². The Morgan fingerprint density at radius 3 is 2.61 bits per heavy atom. The molecule has 1 N–H and O–H groups in total. The highest BCUT2D eigenvalue weighted by Crippen LogP contribution is 2.24. The third kappa shape index (κ3) is 2.95. The van der Waals surface area contributed by atoms with Crippen LogP contribution in [0.5, 0.6) is 0 Å². The van der Waals surface area contributed by atoms with Crippen molar-refractivity contribution in [2.45, 2.75) is 19.4 Å². The fraction of sp³-hybridized carbons (Fsp3) is 0.222. The Morgan fingerprint density at radius 1 is 1.17 bits per heavy atom. The van der Waals surface area contributed by atoms with Gasteiger partial charge in [0.15, 0.2) is 0 Å². The van der Waals surface area contributed by atoms with Crippen LogP contribution in [-0.2, 0) is 4.79 Å². The highest BCUT2D eigenvalue weighted by Gasteiger charge is 2.34. The number of aryl methyl sites for hydroxylation is 1. The molecule has 0 aliphatic carbocycles. The van der Waals surface area contributed by atoms with Gasteiger partial charge in [0.05, 0.1) is 5.69 Å². The molecular weight excluding hydrogens is 295 g/mol.